The van der Waals surface area contributed by atoms with Gasteiger partial charge in [0.05, 0.1) is 7.11 Å². The second-order valence-electron chi connectivity index (χ2n) is 7.43. The molecule has 0 fully saturated rings. The predicted octanol–water partition coefficient (Wildman–Crippen LogP) is 3.39. The molecule has 10 nitrogen and oxygen atoms in total. The van der Waals surface area contributed by atoms with Gasteiger partial charge in [-0.2, -0.15) is 0 Å². The number of amides is 2. The van der Waals surface area contributed by atoms with Crippen LogP contribution in [0.25, 0.3) is 0 Å². The Bertz CT molecular complexity index is 987. The first-order valence-electron chi connectivity index (χ1n) is 10.5. The molecule has 0 aliphatic rings. The molecule has 11 heteroatoms. The van der Waals surface area contributed by atoms with Gasteiger partial charge in [0, 0.05) is 6.16 Å². The van der Waals surface area contributed by atoms with E-state index >= 15 is 0 Å². The van der Waals surface area contributed by atoms with E-state index < -0.39 is 37.3 Å². The number of benzene rings is 2. The highest BCUT2D eigenvalue weighted by Crippen LogP contribution is 2.45. The van der Waals surface area contributed by atoms with Crippen LogP contribution in [0.1, 0.15) is 24.5 Å². The average molecular weight is 492 g/mol. The molecule has 2 aromatic carbocycles. The van der Waals surface area contributed by atoms with Gasteiger partial charge < -0.3 is 29.7 Å². The van der Waals surface area contributed by atoms with E-state index in [1.54, 1.807) is 48.5 Å². The Hall–Kier alpha value is -3.36. The predicted molar refractivity (Wildman–Crippen MR) is 124 cm³/mol. The summed E-state index contributed by atoms with van der Waals surface area (Å²) in [5.41, 5.74) is 1.52. The Kier molecular flexibility index (Phi) is 10.6. The smallest absolute Gasteiger partial charge is 0.408 e. The van der Waals surface area contributed by atoms with Gasteiger partial charge >= 0.3 is 18.2 Å². The monoisotopic (exact) mass is 492 g/mol. The van der Waals surface area contributed by atoms with Gasteiger partial charge in [-0.25, -0.2) is 14.4 Å². The zero-order chi connectivity index (χ0) is 25.0. The van der Waals surface area contributed by atoms with Crippen molar-refractivity contribution < 1.29 is 38.1 Å². The van der Waals surface area contributed by atoms with Gasteiger partial charge in [-0.05, 0) is 24.5 Å². The summed E-state index contributed by atoms with van der Waals surface area (Å²) in [6.07, 6.45) is -2.29. The first-order valence-corrected chi connectivity index (χ1v) is 12.5. The molecule has 2 amide bonds. The molecule has 0 spiro atoms. The standard InChI is InChI=1S/C23H29N2O8P/c1-17(24-22(27)32-15-18-9-5-3-6-10-18)34(29,30)14-13-20(21(26)31-2)25-23(28)33-16-19-11-7-4-8-12-19/h3-12,17,20H,13-16H2,1-2H3,(H,24,27)(H,25,28)(H,29,30)/t17?,20-/m0/s1. The summed E-state index contributed by atoms with van der Waals surface area (Å²) in [4.78, 5) is 46.5. The van der Waals surface area contributed by atoms with Crippen LogP contribution in [0, 0.1) is 0 Å². The second-order valence-corrected chi connectivity index (χ2v) is 10.2. The van der Waals surface area contributed by atoms with Gasteiger partial charge in [0.2, 0.25) is 7.37 Å². The number of carbonyl (C=O) groups excluding carboxylic acids is 3. The van der Waals surface area contributed by atoms with Crippen molar-refractivity contribution in [1.82, 2.24) is 10.6 Å². The number of alkyl carbamates (subject to hydrolysis) is 2. The molecule has 184 valence electrons. The van der Waals surface area contributed by atoms with E-state index in [0.717, 1.165) is 18.2 Å². The number of nitrogens with one attached hydrogen (secondary N) is 2. The zero-order valence-corrected chi connectivity index (χ0v) is 19.9. The summed E-state index contributed by atoms with van der Waals surface area (Å²) in [6, 6.07) is 16.7. The Balaban J connectivity index is 1.84. The summed E-state index contributed by atoms with van der Waals surface area (Å²) >= 11 is 0. The third-order valence-corrected chi connectivity index (χ3v) is 7.11. The van der Waals surface area contributed by atoms with E-state index in [0.29, 0.717) is 0 Å². The molecule has 0 aromatic heterocycles. The highest BCUT2D eigenvalue weighted by molar-refractivity contribution is 7.58. The quantitative estimate of drug-likeness (QED) is 0.246. The number of hydrogen-bond acceptors (Lipinski definition) is 7. The highest BCUT2D eigenvalue weighted by atomic mass is 31.2. The summed E-state index contributed by atoms with van der Waals surface area (Å²) in [7, 11) is -2.82. The van der Waals surface area contributed by atoms with Crippen LogP contribution in [0.15, 0.2) is 60.7 Å². The Morgan fingerprint density at radius 1 is 0.882 bits per heavy atom. The fourth-order valence-corrected chi connectivity index (χ4v) is 4.16. The molecule has 3 atom stereocenters. The van der Waals surface area contributed by atoms with Crippen molar-refractivity contribution >= 4 is 25.5 Å². The topological polar surface area (TPSA) is 140 Å². The van der Waals surface area contributed by atoms with E-state index in [9.17, 15) is 23.8 Å². The Labute approximate surface area is 198 Å². The molecule has 0 bridgehead atoms. The summed E-state index contributed by atoms with van der Waals surface area (Å²) in [6.45, 7) is 1.36. The molecule has 0 aliphatic heterocycles. The second kappa shape index (κ2) is 13.4. The van der Waals surface area contributed by atoms with Crippen molar-refractivity contribution in [2.24, 2.45) is 0 Å². The van der Waals surface area contributed by atoms with Crippen LogP contribution in [0.5, 0.6) is 0 Å². The first kappa shape index (κ1) is 26.9. The van der Waals surface area contributed by atoms with Crippen LogP contribution < -0.4 is 10.6 Å². The maximum atomic E-state index is 12.7. The molecular formula is C23H29N2O8P. The lowest BCUT2D eigenvalue weighted by molar-refractivity contribution is -0.143. The van der Waals surface area contributed by atoms with E-state index in [2.05, 4.69) is 15.4 Å². The van der Waals surface area contributed by atoms with Crippen molar-refractivity contribution in [3.05, 3.63) is 71.8 Å². The van der Waals surface area contributed by atoms with Crippen LogP contribution in [-0.4, -0.2) is 48.1 Å². The summed E-state index contributed by atoms with van der Waals surface area (Å²) in [5, 5.41) is 4.68. The van der Waals surface area contributed by atoms with Crippen molar-refractivity contribution in [3.8, 4) is 0 Å². The first-order chi connectivity index (χ1) is 16.2. The SMILES string of the molecule is COC(=O)[C@H](CCP(=O)(O)C(C)NC(=O)OCc1ccccc1)NC(=O)OCc1ccccc1. The van der Waals surface area contributed by atoms with Gasteiger partial charge in [-0.15, -0.1) is 0 Å². The molecule has 34 heavy (non-hydrogen) atoms. The minimum Gasteiger partial charge on any atom is -0.467 e. The number of rotatable bonds is 11. The van der Waals surface area contributed by atoms with E-state index in [1.165, 1.54) is 6.92 Å². The van der Waals surface area contributed by atoms with Crippen LogP contribution in [0.2, 0.25) is 0 Å². The van der Waals surface area contributed by atoms with Crippen LogP contribution >= 0.6 is 7.37 Å². The fourth-order valence-electron chi connectivity index (χ4n) is 2.84. The maximum Gasteiger partial charge on any atom is 0.408 e. The molecule has 2 unspecified atom stereocenters. The minimum absolute atomic E-state index is 0.00848. The Morgan fingerprint density at radius 2 is 1.35 bits per heavy atom. The molecule has 0 saturated carbocycles. The van der Waals surface area contributed by atoms with Gasteiger partial charge in [0.15, 0.2) is 0 Å². The van der Waals surface area contributed by atoms with Gasteiger partial charge in [0.1, 0.15) is 25.0 Å². The third kappa shape index (κ3) is 9.25. The van der Waals surface area contributed by atoms with E-state index in [1.807, 2.05) is 12.1 Å². The van der Waals surface area contributed by atoms with Crippen molar-refractivity contribution in [3.63, 3.8) is 0 Å². The molecule has 2 rings (SSSR count). The largest absolute Gasteiger partial charge is 0.467 e. The number of carbonyl (C=O) groups is 3. The summed E-state index contributed by atoms with van der Waals surface area (Å²) in [5.74, 6) is -1.93. The average Bonchev–Trinajstić information content (AvgIpc) is 2.84. The number of ether oxygens (including phenoxy) is 3. The van der Waals surface area contributed by atoms with Gasteiger partial charge in [-0.3, -0.25) is 4.57 Å². The van der Waals surface area contributed by atoms with E-state index in [4.69, 9.17) is 9.47 Å². The number of hydrogen-bond donors (Lipinski definition) is 3. The minimum atomic E-state index is -3.96. The van der Waals surface area contributed by atoms with Crippen LogP contribution in [0.3, 0.4) is 0 Å². The van der Waals surface area contributed by atoms with Crippen LogP contribution in [-0.2, 0) is 36.8 Å². The zero-order valence-electron chi connectivity index (χ0n) is 19.0. The van der Waals surface area contributed by atoms with Crippen molar-refractivity contribution in [1.29, 1.82) is 0 Å². The molecular weight excluding hydrogens is 463 g/mol. The fraction of sp³-hybridized carbons (Fsp3) is 0.348. The highest BCUT2D eigenvalue weighted by Gasteiger charge is 2.32. The molecule has 0 aliphatic carbocycles. The molecule has 0 saturated heterocycles. The maximum absolute atomic E-state index is 12.7. The van der Waals surface area contributed by atoms with E-state index in [-0.39, 0.29) is 25.8 Å². The normalized spacial score (nSPS) is 14.1. The molecule has 2 aromatic rings. The molecule has 0 heterocycles. The lowest BCUT2D eigenvalue weighted by atomic mass is 10.2. The molecule has 0 radical (unpaired) electrons. The van der Waals surface area contributed by atoms with Crippen LogP contribution in [0.4, 0.5) is 9.59 Å². The van der Waals surface area contributed by atoms with Gasteiger partial charge in [-0.1, -0.05) is 60.7 Å². The number of methoxy groups -OCH3 is 1. The lowest BCUT2D eigenvalue weighted by Gasteiger charge is -2.22. The van der Waals surface area contributed by atoms with Gasteiger partial charge in [0.25, 0.3) is 0 Å². The summed E-state index contributed by atoms with van der Waals surface area (Å²) < 4.78 is 27.5. The Morgan fingerprint density at radius 3 is 1.82 bits per heavy atom. The molecule has 3 N–H and O–H groups in total. The van der Waals surface area contributed by atoms with Crippen molar-refractivity contribution in [2.75, 3.05) is 13.3 Å². The van der Waals surface area contributed by atoms with Crippen molar-refractivity contribution in [2.45, 2.75) is 38.4 Å². The number of esters is 1. The third-order valence-electron chi connectivity index (χ3n) is 4.87. The lowest BCUT2D eigenvalue weighted by Crippen LogP contribution is -2.42.